The van der Waals surface area contributed by atoms with Crippen molar-refractivity contribution < 1.29 is 9.84 Å². The standard InChI is InChI=1S/C17H26O2/c1-5-16(2,3)14-9-7-13(8-10-14)15(18)17(4)11-6-12-19-17/h7-10,15,18H,5-6,11-12H2,1-4H3. The van der Waals surface area contributed by atoms with Gasteiger partial charge < -0.3 is 9.84 Å². The Morgan fingerprint density at radius 2 is 1.95 bits per heavy atom. The summed E-state index contributed by atoms with van der Waals surface area (Å²) in [6, 6.07) is 8.37. The normalized spacial score (nSPS) is 25.5. The summed E-state index contributed by atoms with van der Waals surface area (Å²) < 4.78 is 5.73. The number of aliphatic hydroxyl groups is 1. The predicted molar refractivity (Wildman–Crippen MR) is 78.3 cm³/mol. The van der Waals surface area contributed by atoms with E-state index < -0.39 is 11.7 Å². The summed E-state index contributed by atoms with van der Waals surface area (Å²) in [6.45, 7) is 9.47. The number of benzene rings is 1. The fourth-order valence-corrected chi connectivity index (χ4v) is 2.69. The maximum atomic E-state index is 10.5. The van der Waals surface area contributed by atoms with Crippen LogP contribution in [0.4, 0.5) is 0 Å². The van der Waals surface area contributed by atoms with Gasteiger partial charge in [-0.25, -0.2) is 0 Å². The quantitative estimate of drug-likeness (QED) is 0.889. The van der Waals surface area contributed by atoms with Crippen LogP contribution in [0.3, 0.4) is 0 Å². The summed E-state index contributed by atoms with van der Waals surface area (Å²) in [4.78, 5) is 0. The molecule has 1 aromatic rings. The van der Waals surface area contributed by atoms with Gasteiger partial charge in [-0.3, -0.25) is 0 Å². The molecule has 2 nitrogen and oxygen atoms in total. The second-order valence-corrected chi connectivity index (χ2v) is 6.53. The highest BCUT2D eigenvalue weighted by atomic mass is 16.5. The molecule has 1 aliphatic rings. The molecule has 1 heterocycles. The van der Waals surface area contributed by atoms with Gasteiger partial charge in [0.25, 0.3) is 0 Å². The number of rotatable bonds is 4. The van der Waals surface area contributed by atoms with Crippen LogP contribution in [0.2, 0.25) is 0 Å². The van der Waals surface area contributed by atoms with Gasteiger partial charge in [-0.15, -0.1) is 0 Å². The number of aliphatic hydroxyl groups excluding tert-OH is 1. The van der Waals surface area contributed by atoms with Crippen molar-refractivity contribution >= 4 is 0 Å². The number of ether oxygens (including phenoxy) is 1. The van der Waals surface area contributed by atoms with E-state index in [2.05, 4.69) is 32.9 Å². The summed E-state index contributed by atoms with van der Waals surface area (Å²) in [5, 5.41) is 10.5. The predicted octanol–water partition coefficient (Wildman–Crippen LogP) is 3.98. The molecule has 1 aliphatic heterocycles. The van der Waals surface area contributed by atoms with Crippen molar-refractivity contribution in [3.63, 3.8) is 0 Å². The monoisotopic (exact) mass is 262 g/mol. The van der Waals surface area contributed by atoms with E-state index in [1.807, 2.05) is 19.1 Å². The van der Waals surface area contributed by atoms with Crippen LogP contribution in [0, 0.1) is 0 Å². The van der Waals surface area contributed by atoms with E-state index >= 15 is 0 Å². The van der Waals surface area contributed by atoms with Gasteiger partial charge in [0.2, 0.25) is 0 Å². The minimum Gasteiger partial charge on any atom is -0.385 e. The summed E-state index contributed by atoms with van der Waals surface area (Å²) >= 11 is 0. The molecule has 2 atom stereocenters. The minimum atomic E-state index is -0.534. The first-order chi connectivity index (χ1) is 8.89. The third kappa shape index (κ3) is 2.85. The average molecular weight is 262 g/mol. The fourth-order valence-electron chi connectivity index (χ4n) is 2.69. The van der Waals surface area contributed by atoms with Crippen molar-refractivity contribution in [1.29, 1.82) is 0 Å². The molecule has 1 N–H and O–H groups in total. The van der Waals surface area contributed by atoms with E-state index in [0.29, 0.717) is 0 Å². The smallest absolute Gasteiger partial charge is 0.108 e. The first kappa shape index (κ1) is 14.5. The van der Waals surface area contributed by atoms with Crippen LogP contribution >= 0.6 is 0 Å². The Labute approximate surface area is 116 Å². The van der Waals surface area contributed by atoms with Crippen molar-refractivity contribution in [2.24, 2.45) is 0 Å². The molecule has 106 valence electrons. The van der Waals surface area contributed by atoms with E-state index in [0.717, 1.165) is 31.4 Å². The van der Waals surface area contributed by atoms with Gasteiger partial charge in [-0.05, 0) is 42.7 Å². The molecule has 1 fully saturated rings. The highest BCUT2D eigenvalue weighted by molar-refractivity contribution is 5.30. The molecule has 2 rings (SSSR count). The Bertz CT molecular complexity index is 413. The Morgan fingerprint density at radius 3 is 2.42 bits per heavy atom. The molecule has 0 bridgehead atoms. The number of hydrogen-bond acceptors (Lipinski definition) is 2. The SMILES string of the molecule is CCC(C)(C)c1ccc(C(O)C2(C)CCCO2)cc1. The lowest BCUT2D eigenvalue weighted by molar-refractivity contribution is -0.0796. The van der Waals surface area contributed by atoms with Crippen molar-refractivity contribution in [2.45, 2.75) is 64.1 Å². The molecule has 1 aromatic carbocycles. The largest absolute Gasteiger partial charge is 0.385 e. The minimum absolute atomic E-state index is 0.192. The lowest BCUT2D eigenvalue weighted by Crippen LogP contribution is -2.32. The molecule has 1 saturated heterocycles. The van der Waals surface area contributed by atoms with Crippen molar-refractivity contribution in [3.05, 3.63) is 35.4 Å². The molecule has 19 heavy (non-hydrogen) atoms. The third-order valence-corrected chi connectivity index (χ3v) is 4.72. The van der Waals surface area contributed by atoms with E-state index in [4.69, 9.17) is 4.74 Å². The molecule has 0 spiro atoms. The molecule has 0 aliphatic carbocycles. The molecular weight excluding hydrogens is 236 g/mol. The summed E-state index contributed by atoms with van der Waals surface area (Å²) in [6.07, 6.45) is 2.54. The van der Waals surface area contributed by atoms with Gasteiger partial charge in [0, 0.05) is 6.61 Å². The van der Waals surface area contributed by atoms with Gasteiger partial charge in [0.15, 0.2) is 0 Å². The van der Waals surface area contributed by atoms with E-state index in [1.165, 1.54) is 5.56 Å². The second kappa shape index (κ2) is 5.26. The van der Waals surface area contributed by atoms with Gasteiger partial charge in [-0.1, -0.05) is 45.0 Å². The Hall–Kier alpha value is -0.860. The van der Waals surface area contributed by atoms with Crippen LogP contribution < -0.4 is 0 Å². The molecule has 2 heteroatoms. The van der Waals surface area contributed by atoms with Gasteiger partial charge in [-0.2, -0.15) is 0 Å². The zero-order valence-corrected chi connectivity index (χ0v) is 12.6. The zero-order valence-electron chi connectivity index (χ0n) is 12.6. The van der Waals surface area contributed by atoms with Crippen molar-refractivity contribution in [3.8, 4) is 0 Å². The molecule has 0 radical (unpaired) electrons. The van der Waals surface area contributed by atoms with Crippen LogP contribution in [0.1, 0.15) is 64.2 Å². The van der Waals surface area contributed by atoms with Gasteiger partial charge in [0.1, 0.15) is 6.10 Å². The fraction of sp³-hybridized carbons (Fsp3) is 0.647. The van der Waals surface area contributed by atoms with Gasteiger partial charge in [0.05, 0.1) is 5.60 Å². The third-order valence-electron chi connectivity index (χ3n) is 4.72. The first-order valence-electron chi connectivity index (χ1n) is 7.31. The Morgan fingerprint density at radius 1 is 1.32 bits per heavy atom. The highest BCUT2D eigenvalue weighted by Crippen LogP contribution is 2.38. The highest BCUT2D eigenvalue weighted by Gasteiger charge is 2.38. The van der Waals surface area contributed by atoms with Crippen LogP contribution in [-0.2, 0) is 10.2 Å². The number of hydrogen-bond donors (Lipinski definition) is 1. The van der Waals surface area contributed by atoms with Crippen LogP contribution in [0.15, 0.2) is 24.3 Å². The molecule has 0 aromatic heterocycles. The molecule has 2 unspecified atom stereocenters. The van der Waals surface area contributed by atoms with Crippen LogP contribution in [0.25, 0.3) is 0 Å². The maximum Gasteiger partial charge on any atom is 0.108 e. The summed E-state index contributed by atoms with van der Waals surface area (Å²) in [7, 11) is 0. The lowest BCUT2D eigenvalue weighted by Gasteiger charge is -2.30. The van der Waals surface area contributed by atoms with E-state index in [9.17, 15) is 5.11 Å². The van der Waals surface area contributed by atoms with Crippen molar-refractivity contribution in [2.75, 3.05) is 6.61 Å². The topological polar surface area (TPSA) is 29.5 Å². The molecule has 0 saturated carbocycles. The summed E-state index contributed by atoms with van der Waals surface area (Å²) in [5.74, 6) is 0. The molecule has 0 amide bonds. The second-order valence-electron chi connectivity index (χ2n) is 6.53. The van der Waals surface area contributed by atoms with Crippen LogP contribution in [-0.4, -0.2) is 17.3 Å². The Balaban J connectivity index is 2.18. The Kier molecular flexibility index (Phi) is 4.03. The maximum absolute atomic E-state index is 10.5. The summed E-state index contributed by atoms with van der Waals surface area (Å²) in [5.41, 5.74) is 2.06. The first-order valence-corrected chi connectivity index (χ1v) is 7.31. The average Bonchev–Trinajstić information content (AvgIpc) is 2.86. The van der Waals surface area contributed by atoms with E-state index in [1.54, 1.807) is 0 Å². The van der Waals surface area contributed by atoms with Crippen LogP contribution in [0.5, 0.6) is 0 Å². The van der Waals surface area contributed by atoms with Gasteiger partial charge >= 0.3 is 0 Å². The van der Waals surface area contributed by atoms with Crippen molar-refractivity contribution in [1.82, 2.24) is 0 Å². The zero-order chi connectivity index (χ0) is 14.1. The lowest BCUT2D eigenvalue weighted by atomic mass is 9.81. The van der Waals surface area contributed by atoms with E-state index in [-0.39, 0.29) is 5.41 Å². The molecular formula is C17H26O2.